The highest BCUT2D eigenvalue weighted by Gasteiger charge is 2.28. The predicted octanol–water partition coefficient (Wildman–Crippen LogP) is 2.50. The molecule has 1 aliphatic heterocycles. The third-order valence-electron chi connectivity index (χ3n) is 5.48. The minimum absolute atomic E-state index is 0. The fraction of sp³-hybridized carbons (Fsp3) is 0.650. The summed E-state index contributed by atoms with van der Waals surface area (Å²) in [7, 11) is -1.62. The number of nitrogens with one attached hydrogen (secondary N) is 2. The van der Waals surface area contributed by atoms with E-state index in [4.69, 9.17) is 4.74 Å². The molecule has 0 aromatic heterocycles. The van der Waals surface area contributed by atoms with E-state index in [0.717, 1.165) is 18.4 Å². The second-order valence-electron chi connectivity index (χ2n) is 7.83. The van der Waals surface area contributed by atoms with Gasteiger partial charge in [0.2, 0.25) is 10.0 Å². The number of hydrogen-bond donors (Lipinski definition) is 2. The van der Waals surface area contributed by atoms with Crippen molar-refractivity contribution >= 4 is 40.0 Å². The number of morpholine rings is 1. The maximum Gasteiger partial charge on any atom is 0.213 e. The van der Waals surface area contributed by atoms with Crippen LogP contribution in [0.15, 0.2) is 29.3 Å². The van der Waals surface area contributed by atoms with Crippen molar-refractivity contribution in [3.8, 4) is 0 Å². The lowest BCUT2D eigenvalue weighted by Gasteiger charge is -2.38. The SMILES string of the molecule is CN=C(NCCS(=O)(=O)NCC1CCC1)N1CC(C)OC(c2ccc(F)cc2)C1.I. The van der Waals surface area contributed by atoms with Crippen LogP contribution in [0, 0.1) is 11.7 Å². The number of benzene rings is 1. The quantitative estimate of drug-likeness (QED) is 0.308. The van der Waals surface area contributed by atoms with Crippen molar-refractivity contribution in [1.82, 2.24) is 14.9 Å². The molecule has 0 bridgehead atoms. The second kappa shape index (κ2) is 11.6. The van der Waals surface area contributed by atoms with Crippen LogP contribution in [0.4, 0.5) is 4.39 Å². The summed E-state index contributed by atoms with van der Waals surface area (Å²) in [6, 6.07) is 6.31. The van der Waals surface area contributed by atoms with Crippen molar-refractivity contribution in [3.63, 3.8) is 0 Å². The van der Waals surface area contributed by atoms with Crippen LogP contribution in [0.25, 0.3) is 0 Å². The molecule has 2 fully saturated rings. The van der Waals surface area contributed by atoms with Gasteiger partial charge in [0, 0.05) is 26.7 Å². The van der Waals surface area contributed by atoms with E-state index in [9.17, 15) is 12.8 Å². The Morgan fingerprint density at radius 3 is 2.57 bits per heavy atom. The molecule has 1 aromatic carbocycles. The van der Waals surface area contributed by atoms with Crippen LogP contribution in [0.2, 0.25) is 0 Å². The molecule has 10 heteroatoms. The van der Waals surface area contributed by atoms with Crippen molar-refractivity contribution in [2.45, 2.75) is 38.4 Å². The largest absolute Gasteiger partial charge is 0.367 e. The van der Waals surface area contributed by atoms with Crippen LogP contribution >= 0.6 is 24.0 Å². The van der Waals surface area contributed by atoms with Gasteiger partial charge in [-0.15, -0.1) is 24.0 Å². The highest BCUT2D eigenvalue weighted by atomic mass is 127. The lowest BCUT2D eigenvalue weighted by Crippen LogP contribution is -2.51. The Kier molecular flexibility index (Phi) is 9.76. The number of ether oxygens (including phenoxy) is 1. The number of aliphatic imine (C=N–C) groups is 1. The van der Waals surface area contributed by atoms with Crippen LogP contribution in [0.5, 0.6) is 0 Å². The van der Waals surface area contributed by atoms with Gasteiger partial charge >= 0.3 is 0 Å². The summed E-state index contributed by atoms with van der Waals surface area (Å²) in [5.41, 5.74) is 0.904. The number of sulfonamides is 1. The van der Waals surface area contributed by atoms with Gasteiger partial charge in [-0.05, 0) is 43.4 Å². The standard InChI is InChI=1S/C20H31FN4O3S.HI/c1-15-13-25(14-19(28-15)17-6-8-18(21)9-7-17)20(22-2)23-10-11-29(26,27)24-12-16-4-3-5-16;/h6-9,15-16,19,24H,3-5,10-14H2,1-2H3,(H,22,23);1H. The average Bonchev–Trinajstić information content (AvgIpc) is 2.64. The zero-order chi connectivity index (χ0) is 20.9. The number of rotatable bonds is 7. The lowest BCUT2D eigenvalue weighted by molar-refractivity contribution is -0.0604. The van der Waals surface area contributed by atoms with Gasteiger partial charge in [0.25, 0.3) is 0 Å². The molecule has 0 radical (unpaired) electrons. The minimum Gasteiger partial charge on any atom is -0.367 e. The average molecular weight is 554 g/mol. The molecule has 2 unspecified atom stereocenters. The van der Waals surface area contributed by atoms with Gasteiger partial charge in [-0.1, -0.05) is 18.6 Å². The van der Waals surface area contributed by atoms with Crippen LogP contribution in [0.1, 0.15) is 37.9 Å². The van der Waals surface area contributed by atoms with E-state index in [1.165, 1.54) is 18.6 Å². The molecular weight excluding hydrogens is 522 g/mol. The van der Waals surface area contributed by atoms with E-state index < -0.39 is 10.0 Å². The molecule has 30 heavy (non-hydrogen) atoms. The minimum atomic E-state index is -3.30. The van der Waals surface area contributed by atoms with Gasteiger partial charge in [-0.25, -0.2) is 17.5 Å². The third kappa shape index (κ3) is 7.31. The molecule has 0 amide bonds. The Labute approximate surface area is 195 Å². The summed E-state index contributed by atoms with van der Waals surface area (Å²) in [4.78, 5) is 6.36. The van der Waals surface area contributed by atoms with Crippen molar-refractivity contribution in [2.24, 2.45) is 10.9 Å². The first-order chi connectivity index (χ1) is 13.9. The molecule has 3 rings (SSSR count). The van der Waals surface area contributed by atoms with Crippen LogP contribution in [0.3, 0.4) is 0 Å². The van der Waals surface area contributed by atoms with Gasteiger partial charge < -0.3 is 15.0 Å². The first-order valence-electron chi connectivity index (χ1n) is 10.2. The van der Waals surface area contributed by atoms with E-state index in [1.54, 1.807) is 19.2 Å². The van der Waals surface area contributed by atoms with E-state index in [2.05, 4.69) is 19.9 Å². The molecule has 1 heterocycles. The normalized spacial score (nSPS) is 22.9. The van der Waals surface area contributed by atoms with E-state index >= 15 is 0 Å². The topological polar surface area (TPSA) is 83.0 Å². The molecule has 2 atom stereocenters. The predicted molar refractivity (Wildman–Crippen MR) is 127 cm³/mol. The van der Waals surface area contributed by atoms with E-state index in [0.29, 0.717) is 31.5 Å². The van der Waals surface area contributed by atoms with Gasteiger partial charge in [-0.3, -0.25) is 4.99 Å². The van der Waals surface area contributed by atoms with E-state index in [-0.39, 0.29) is 54.3 Å². The molecule has 170 valence electrons. The monoisotopic (exact) mass is 554 g/mol. The second-order valence-corrected chi connectivity index (χ2v) is 9.76. The molecule has 0 spiro atoms. The number of nitrogens with zero attached hydrogens (tertiary/aromatic N) is 2. The third-order valence-corrected chi connectivity index (χ3v) is 6.83. The Morgan fingerprint density at radius 2 is 1.97 bits per heavy atom. The highest BCUT2D eigenvalue weighted by Crippen LogP contribution is 2.26. The number of halogens is 2. The van der Waals surface area contributed by atoms with E-state index in [1.807, 2.05) is 6.92 Å². The first-order valence-corrected chi connectivity index (χ1v) is 11.9. The fourth-order valence-corrected chi connectivity index (χ4v) is 4.63. The summed E-state index contributed by atoms with van der Waals surface area (Å²) in [6.07, 6.45) is 3.17. The number of hydrogen-bond acceptors (Lipinski definition) is 4. The van der Waals surface area contributed by atoms with Crippen LogP contribution < -0.4 is 10.0 Å². The Hall–Kier alpha value is -0.980. The molecule has 1 saturated heterocycles. The fourth-order valence-electron chi connectivity index (χ4n) is 3.63. The maximum atomic E-state index is 13.2. The molecule has 1 saturated carbocycles. The Morgan fingerprint density at radius 1 is 1.27 bits per heavy atom. The van der Waals surface area contributed by atoms with Crippen LogP contribution in [-0.4, -0.2) is 64.4 Å². The molecule has 7 nitrogen and oxygen atoms in total. The molecule has 1 aliphatic carbocycles. The maximum absolute atomic E-state index is 13.2. The summed E-state index contributed by atoms with van der Waals surface area (Å²) in [5.74, 6) is 0.851. The number of guanidine groups is 1. The van der Waals surface area contributed by atoms with Crippen molar-refractivity contribution in [1.29, 1.82) is 0 Å². The summed E-state index contributed by atoms with van der Waals surface area (Å²) in [5, 5.41) is 3.15. The van der Waals surface area contributed by atoms with Crippen molar-refractivity contribution < 1.29 is 17.5 Å². The summed E-state index contributed by atoms with van der Waals surface area (Å²) < 4.78 is 46.3. The molecule has 1 aromatic rings. The Balaban J connectivity index is 0.00000320. The first kappa shape index (κ1) is 25.3. The smallest absolute Gasteiger partial charge is 0.213 e. The van der Waals surface area contributed by atoms with Gasteiger partial charge in [0.1, 0.15) is 11.9 Å². The summed E-state index contributed by atoms with van der Waals surface area (Å²) in [6.45, 7) is 3.99. The molecule has 2 aliphatic rings. The zero-order valence-electron chi connectivity index (χ0n) is 17.5. The molecule has 2 N–H and O–H groups in total. The zero-order valence-corrected chi connectivity index (χ0v) is 20.7. The van der Waals surface area contributed by atoms with Crippen LogP contribution in [-0.2, 0) is 14.8 Å². The lowest BCUT2D eigenvalue weighted by atomic mass is 9.86. The van der Waals surface area contributed by atoms with Crippen molar-refractivity contribution in [2.75, 3.05) is 39.0 Å². The molecular formula is C20H32FIN4O3S. The van der Waals surface area contributed by atoms with Crippen molar-refractivity contribution in [3.05, 3.63) is 35.6 Å². The van der Waals surface area contributed by atoms with Gasteiger partial charge in [-0.2, -0.15) is 0 Å². The highest BCUT2D eigenvalue weighted by molar-refractivity contribution is 14.0. The summed E-state index contributed by atoms with van der Waals surface area (Å²) >= 11 is 0. The van der Waals surface area contributed by atoms with Gasteiger partial charge in [0.15, 0.2) is 5.96 Å². The van der Waals surface area contributed by atoms with Gasteiger partial charge in [0.05, 0.1) is 18.4 Å². The Bertz CT molecular complexity index is 803.